The van der Waals surface area contributed by atoms with Gasteiger partial charge in [-0.3, -0.25) is 0 Å². The number of hydrogen-bond donors (Lipinski definition) is 0. The van der Waals surface area contributed by atoms with Crippen molar-refractivity contribution < 1.29 is 9.53 Å². The van der Waals surface area contributed by atoms with Crippen LogP contribution < -0.4 is 0 Å². The molecule has 0 saturated heterocycles. The van der Waals surface area contributed by atoms with Crippen LogP contribution in [0.15, 0.2) is 84.9 Å². The van der Waals surface area contributed by atoms with Crippen LogP contribution in [0.4, 0.5) is 0 Å². The van der Waals surface area contributed by atoms with Crippen molar-refractivity contribution in [3.8, 4) is 0 Å². The zero-order chi connectivity index (χ0) is 19.3. The molecule has 2 nitrogen and oxygen atoms in total. The first-order valence-electron chi connectivity index (χ1n) is 8.87. The molecule has 4 aromatic rings. The highest BCUT2D eigenvalue weighted by molar-refractivity contribution is 6.30. The second kappa shape index (κ2) is 6.37. The van der Waals surface area contributed by atoms with Crippen LogP contribution in [0.25, 0.3) is 10.8 Å². The standard InChI is InChI=1S/C24H14Cl2O2/c25-18-10-6-16(7-11-18)24(17-8-12-19(26)13-9-17)22-20-4-2-1-3-15(20)5-14-21(22)23(27)28-24/h1-14H. The maximum absolute atomic E-state index is 12.9. The third-order valence-corrected chi connectivity index (χ3v) is 5.75. The van der Waals surface area contributed by atoms with Crippen molar-refractivity contribution in [2.24, 2.45) is 0 Å². The molecule has 1 aliphatic rings. The fourth-order valence-corrected chi connectivity index (χ4v) is 4.26. The Labute approximate surface area is 172 Å². The molecule has 0 spiro atoms. The molecule has 0 fully saturated rings. The van der Waals surface area contributed by atoms with Crippen molar-refractivity contribution in [1.29, 1.82) is 0 Å². The van der Waals surface area contributed by atoms with Gasteiger partial charge in [0, 0.05) is 26.7 Å². The number of ether oxygens (including phenoxy) is 1. The van der Waals surface area contributed by atoms with Crippen LogP contribution in [0, 0.1) is 0 Å². The molecule has 0 aromatic heterocycles. The minimum absolute atomic E-state index is 0.342. The maximum atomic E-state index is 12.9. The molecule has 28 heavy (non-hydrogen) atoms. The summed E-state index contributed by atoms with van der Waals surface area (Å²) >= 11 is 12.3. The van der Waals surface area contributed by atoms with Crippen molar-refractivity contribution in [2.75, 3.05) is 0 Å². The molecule has 0 radical (unpaired) electrons. The largest absolute Gasteiger partial charge is 0.441 e. The van der Waals surface area contributed by atoms with Gasteiger partial charge < -0.3 is 4.74 Å². The SMILES string of the molecule is O=C1OC(c2ccc(Cl)cc2)(c2ccc(Cl)cc2)c2c1ccc1ccccc21. The third-order valence-electron chi connectivity index (χ3n) is 5.25. The Morgan fingerprint density at radius 1 is 0.679 bits per heavy atom. The van der Waals surface area contributed by atoms with Crippen LogP contribution in [-0.2, 0) is 10.3 Å². The highest BCUT2D eigenvalue weighted by Crippen LogP contribution is 2.49. The highest BCUT2D eigenvalue weighted by atomic mass is 35.5. The molecule has 0 saturated carbocycles. The van der Waals surface area contributed by atoms with Gasteiger partial charge in [-0.1, -0.05) is 77.8 Å². The second-order valence-corrected chi connectivity index (χ2v) is 7.67. The van der Waals surface area contributed by atoms with Gasteiger partial charge in [0.15, 0.2) is 5.60 Å². The minimum atomic E-state index is -1.07. The summed E-state index contributed by atoms with van der Waals surface area (Å²) < 4.78 is 6.15. The fourth-order valence-electron chi connectivity index (χ4n) is 4.01. The van der Waals surface area contributed by atoms with Crippen molar-refractivity contribution in [1.82, 2.24) is 0 Å². The number of benzene rings is 4. The third kappa shape index (κ3) is 2.46. The van der Waals surface area contributed by atoms with E-state index in [9.17, 15) is 4.79 Å². The van der Waals surface area contributed by atoms with Gasteiger partial charge in [-0.25, -0.2) is 4.79 Å². The van der Waals surface area contributed by atoms with E-state index in [4.69, 9.17) is 27.9 Å². The number of cyclic esters (lactones) is 1. The van der Waals surface area contributed by atoms with Gasteiger partial charge >= 0.3 is 5.97 Å². The zero-order valence-corrected chi connectivity index (χ0v) is 16.2. The number of rotatable bonds is 2. The predicted octanol–water partition coefficient (Wildman–Crippen LogP) is 6.61. The molecule has 4 aromatic carbocycles. The molecule has 0 amide bonds. The van der Waals surface area contributed by atoms with Gasteiger partial charge in [-0.2, -0.15) is 0 Å². The van der Waals surface area contributed by atoms with E-state index in [1.165, 1.54) is 0 Å². The fraction of sp³-hybridized carbons (Fsp3) is 0.0417. The monoisotopic (exact) mass is 404 g/mol. The molecule has 0 N–H and O–H groups in total. The van der Waals surface area contributed by atoms with E-state index in [0.29, 0.717) is 15.6 Å². The average Bonchev–Trinajstić information content (AvgIpc) is 3.03. The number of carbonyl (C=O) groups excluding carboxylic acids is 1. The van der Waals surface area contributed by atoms with Gasteiger partial charge in [0.1, 0.15) is 0 Å². The molecule has 1 aliphatic heterocycles. The molecule has 1 heterocycles. The van der Waals surface area contributed by atoms with E-state index in [-0.39, 0.29) is 5.97 Å². The summed E-state index contributed by atoms with van der Waals surface area (Å²) in [6.07, 6.45) is 0. The zero-order valence-electron chi connectivity index (χ0n) is 14.7. The average molecular weight is 405 g/mol. The number of halogens is 2. The summed E-state index contributed by atoms with van der Waals surface area (Å²) in [4.78, 5) is 12.9. The van der Waals surface area contributed by atoms with E-state index in [0.717, 1.165) is 27.5 Å². The van der Waals surface area contributed by atoms with Crippen molar-refractivity contribution in [3.63, 3.8) is 0 Å². The lowest BCUT2D eigenvalue weighted by molar-refractivity contribution is 0.0254. The summed E-state index contributed by atoms with van der Waals surface area (Å²) in [5.74, 6) is -0.342. The van der Waals surface area contributed by atoms with Crippen LogP contribution in [0.5, 0.6) is 0 Å². The van der Waals surface area contributed by atoms with Crippen molar-refractivity contribution in [3.05, 3.63) is 117 Å². The lowest BCUT2D eigenvalue weighted by Gasteiger charge is -2.31. The Morgan fingerprint density at radius 2 is 1.25 bits per heavy atom. The van der Waals surface area contributed by atoms with Crippen LogP contribution in [0.2, 0.25) is 10.0 Å². The summed E-state index contributed by atoms with van der Waals surface area (Å²) in [6, 6.07) is 26.7. The van der Waals surface area contributed by atoms with Crippen molar-refractivity contribution in [2.45, 2.75) is 5.60 Å². The second-order valence-electron chi connectivity index (χ2n) is 6.79. The van der Waals surface area contributed by atoms with Gasteiger partial charge in [0.05, 0.1) is 5.56 Å². The van der Waals surface area contributed by atoms with Gasteiger partial charge in [-0.15, -0.1) is 0 Å². The van der Waals surface area contributed by atoms with Crippen LogP contribution in [0.1, 0.15) is 27.0 Å². The smallest absolute Gasteiger partial charge is 0.340 e. The summed E-state index contributed by atoms with van der Waals surface area (Å²) in [5, 5.41) is 3.28. The van der Waals surface area contributed by atoms with Crippen LogP contribution in [-0.4, -0.2) is 5.97 Å². The predicted molar refractivity (Wildman–Crippen MR) is 112 cm³/mol. The molecular weight excluding hydrogens is 391 g/mol. The molecule has 5 rings (SSSR count). The highest BCUT2D eigenvalue weighted by Gasteiger charge is 2.49. The lowest BCUT2D eigenvalue weighted by Crippen LogP contribution is -2.29. The lowest BCUT2D eigenvalue weighted by atomic mass is 9.78. The van der Waals surface area contributed by atoms with E-state index in [1.54, 1.807) is 0 Å². The van der Waals surface area contributed by atoms with E-state index in [1.807, 2.05) is 84.9 Å². The van der Waals surface area contributed by atoms with Gasteiger partial charge in [0.25, 0.3) is 0 Å². The maximum Gasteiger partial charge on any atom is 0.340 e. The quantitative estimate of drug-likeness (QED) is 0.351. The first kappa shape index (κ1) is 17.3. The Hall–Kier alpha value is -2.81. The Morgan fingerprint density at radius 3 is 1.86 bits per heavy atom. The van der Waals surface area contributed by atoms with E-state index >= 15 is 0 Å². The van der Waals surface area contributed by atoms with E-state index in [2.05, 4.69) is 0 Å². The summed E-state index contributed by atoms with van der Waals surface area (Å²) in [7, 11) is 0. The minimum Gasteiger partial charge on any atom is -0.441 e. The number of esters is 1. The number of carbonyl (C=O) groups is 1. The van der Waals surface area contributed by atoms with Gasteiger partial charge in [-0.05, 0) is 41.1 Å². The topological polar surface area (TPSA) is 26.3 Å². The number of fused-ring (bicyclic) bond motifs is 3. The molecule has 0 atom stereocenters. The van der Waals surface area contributed by atoms with Crippen LogP contribution in [0.3, 0.4) is 0 Å². The Balaban J connectivity index is 1.92. The van der Waals surface area contributed by atoms with Gasteiger partial charge in [0.2, 0.25) is 0 Å². The summed E-state index contributed by atoms with van der Waals surface area (Å²) in [5.41, 5.74) is 2.02. The van der Waals surface area contributed by atoms with E-state index < -0.39 is 5.60 Å². The normalized spacial score (nSPS) is 14.7. The molecule has 136 valence electrons. The first-order chi connectivity index (χ1) is 13.6. The molecular formula is C24H14Cl2O2. The molecule has 0 unspecified atom stereocenters. The number of hydrogen-bond acceptors (Lipinski definition) is 2. The van der Waals surface area contributed by atoms with Crippen molar-refractivity contribution >= 4 is 39.9 Å². The van der Waals surface area contributed by atoms with Crippen LogP contribution >= 0.6 is 23.2 Å². The summed E-state index contributed by atoms with van der Waals surface area (Å²) in [6.45, 7) is 0. The Bertz CT molecular complexity index is 1170. The molecule has 0 aliphatic carbocycles. The molecule has 0 bridgehead atoms. The molecule has 4 heteroatoms. The Kier molecular flexibility index (Phi) is 3.94. The first-order valence-corrected chi connectivity index (χ1v) is 9.63.